The molecule has 2 heterocycles. The largest absolute Gasteiger partial charge is 0.365 e. The highest BCUT2D eigenvalue weighted by Crippen LogP contribution is 2.33. The fraction of sp³-hybridized carbons (Fsp3) is 0.600. The number of carbonyl (C=O) groups excluding carboxylic acids is 1. The minimum atomic E-state index is -0.383. The van der Waals surface area contributed by atoms with Crippen molar-refractivity contribution in [3.63, 3.8) is 0 Å². The maximum Gasteiger partial charge on any atom is 0.260 e. The van der Waals surface area contributed by atoms with Crippen molar-refractivity contribution in [2.75, 3.05) is 13.1 Å². The topological polar surface area (TPSA) is 68.0 Å². The van der Waals surface area contributed by atoms with Gasteiger partial charge >= 0.3 is 0 Å². The van der Waals surface area contributed by atoms with E-state index < -0.39 is 0 Å². The molecule has 0 radical (unpaired) electrons. The molecule has 1 aliphatic heterocycles. The number of aromatic nitrogens is 1. The van der Waals surface area contributed by atoms with Crippen molar-refractivity contribution in [1.29, 1.82) is 0 Å². The highest BCUT2D eigenvalue weighted by Gasteiger charge is 2.31. The number of hydrogen-bond donors (Lipinski definition) is 2. The quantitative estimate of drug-likeness (QED) is 0.785. The zero-order valence-corrected chi connectivity index (χ0v) is 9.56. The van der Waals surface area contributed by atoms with Crippen LogP contribution in [-0.2, 0) is 5.41 Å². The van der Waals surface area contributed by atoms with Crippen LogP contribution in [0.5, 0.6) is 0 Å². The second-order valence-corrected chi connectivity index (χ2v) is 5.27. The lowest BCUT2D eigenvalue weighted by Gasteiger charge is -2.32. The van der Waals surface area contributed by atoms with Crippen molar-refractivity contribution in [3.8, 4) is 0 Å². The highest BCUT2D eigenvalue weighted by atomic mass is 32.1. The van der Waals surface area contributed by atoms with Gasteiger partial charge in [0, 0.05) is 12.0 Å². The lowest BCUT2D eigenvalue weighted by atomic mass is 9.83. The molecule has 3 N–H and O–H groups in total. The third-order valence-corrected chi connectivity index (χ3v) is 4.18. The summed E-state index contributed by atoms with van der Waals surface area (Å²) in [6.45, 7) is 4.19. The molecule has 4 nitrogen and oxygen atoms in total. The minimum absolute atomic E-state index is 0.0661. The second kappa shape index (κ2) is 3.90. The number of carbonyl (C=O) groups is 1. The van der Waals surface area contributed by atoms with Gasteiger partial charge in [-0.05, 0) is 19.4 Å². The van der Waals surface area contributed by atoms with Crippen molar-refractivity contribution in [2.45, 2.75) is 25.2 Å². The predicted octanol–water partition coefficient (Wildman–Crippen LogP) is 0.883. The lowest BCUT2D eigenvalue weighted by Crippen LogP contribution is -2.40. The molecule has 1 fully saturated rings. The molecule has 0 bridgehead atoms. The fourth-order valence-corrected chi connectivity index (χ4v) is 2.85. The molecule has 1 aromatic rings. The molecule has 1 saturated heterocycles. The molecule has 82 valence electrons. The van der Waals surface area contributed by atoms with E-state index in [-0.39, 0.29) is 11.3 Å². The summed E-state index contributed by atoms with van der Waals surface area (Å²) in [5.74, 6) is -0.383. The van der Waals surface area contributed by atoms with Gasteiger partial charge in [-0.3, -0.25) is 4.79 Å². The highest BCUT2D eigenvalue weighted by molar-refractivity contribution is 7.13. The predicted molar refractivity (Wildman–Crippen MR) is 60.1 cm³/mol. The summed E-state index contributed by atoms with van der Waals surface area (Å²) in [4.78, 5) is 15.8. The number of primary amides is 1. The standard InChI is InChI=1S/C10H15N3OS/c1-10(3-2-4-12-6-10)9-13-5-7(15-9)8(11)14/h5,12H,2-4,6H2,1H3,(H2,11,14). The molecule has 0 saturated carbocycles. The summed E-state index contributed by atoms with van der Waals surface area (Å²) < 4.78 is 0. The number of rotatable bonds is 2. The summed E-state index contributed by atoms with van der Waals surface area (Å²) >= 11 is 1.42. The third-order valence-electron chi connectivity index (χ3n) is 2.86. The summed E-state index contributed by atoms with van der Waals surface area (Å²) in [6, 6.07) is 0. The Kier molecular flexibility index (Phi) is 2.75. The van der Waals surface area contributed by atoms with E-state index in [0.717, 1.165) is 30.9 Å². The minimum Gasteiger partial charge on any atom is -0.365 e. The van der Waals surface area contributed by atoms with E-state index in [0.29, 0.717) is 4.88 Å². The molecule has 2 rings (SSSR count). The molecule has 1 aromatic heterocycles. The molecule has 1 amide bonds. The number of thiazole rings is 1. The molecule has 15 heavy (non-hydrogen) atoms. The third kappa shape index (κ3) is 2.03. The Bertz CT molecular complexity index is 368. The van der Waals surface area contributed by atoms with Gasteiger partial charge in [0.2, 0.25) is 0 Å². The summed E-state index contributed by atoms with van der Waals surface area (Å²) in [7, 11) is 0. The van der Waals surface area contributed by atoms with Gasteiger partial charge < -0.3 is 11.1 Å². The van der Waals surface area contributed by atoms with Crippen molar-refractivity contribution in [3.05, 3.63) is 16.1 Å². The molecule has 0 aromatic carbocycles. The second-order valence-electron chi connectivity index (χ2n) is 4.23. The van der Waals surface area contributed by atoms with E-state index >= 15 is 0 Å². The van der Waals surface area contributed by atoms with Crippen LogP contribution >= 0.6 is 11.3 Å². The van der Waals surface area contributed by atoms with Crippen molar-refractivity contribution in [1.82, 2.24) is 10.3 Å². The zero-order chi connectivity index (χ0) is 10.9. The van der Waals surface area contributed by atoms with Crippen LogP contribution in [0, 0.1) is 0 Å². The van der Waals surface area contributed by atoms with Crippen molar-refractivity contribution >= 4 is 17.2 Å². The van der Waals surface area contributed by atoms with Crippen molar-refractivity contribution < 1.29 is 4.79 Å². The van der Waals surface area contributed by atoms with Crippen LogP contribution in [0.3, 0.4) is 0 Å². The van der Waals surface area contributed by atoms with Gasteiger partial charge in [0.15, 0.2) is 0 Å². The van der Waals surface area contributed by atoms with Gasteiger partial charge in [0.1, 0.15) is 9.88 Å². The number of nitrogens with one attached hydrogen (secondary N) is 1. The van der Waals surface area contributed by atoms with Gasteiger partial charge in [-0.1, -0.05) is 6.92 Å². The molecule has 0 spiro atoms. The Hall–Kier alpha value is -0.940. The van der Waals surface area contributed by atoms with Gasteiger partial charge in [-0.15, -0.1) is 11.3 Å². The molecular formula is C10H15N3OS. The Labute approximate surface area is 92.9 Å². The van der Waals surface area contributed by atoms with Crippen LogP contribution in [0.2, 0.25) is 0 Å². The fourth-order valence-electron chi connectivity index (χ4n) is 1.91. The average molecular weight is 225 g/mol. The number of nitrogens with two attached hydrogens (primary N) is 1. The smallest absolute Gasteiger partial charge is 0.260 e. The van der Waals surface area contributed by atoms with E-state index in [1.165, 1.54) is 11.3 Å². The van der Waals surface area contributed by atoms with Crippen LogP contribution in [0.15, 0.2) is 6.20 Å². The van der Waals surface area contributed by atoms with Crippen LogP contribution < -0.4 is 11.1 Å². The Morgan fingerprint density at radius 2 is 2.53 bits per heavy atom. The van der Waals surface area contributed by atoms with E-state index in [2.05, 4.69) is 17.2 Å². The summed E-state index contributed by atoms with van der Waals surface area (Å²) in [5, 5.41) is 4.38. The lowest BCUT2D eigenvalue weighted by molar-refractivity contribution is 0.100. The molecule has 1 unspecified atom stereocenters. The van der Waals surface area contributed by atoms with E-state index in [4.69, 9.17) is 5.73 Å². The summed E-state index contributed by atoms with van der Waals surface area (Å²) in [6.07, 6.45) is 3.86. The van der Waals surface area contributed by atoms with Crippen LogP contribution in [0.4, 0.5) is 0 Å². The average Bonchev–Trinajstić information content (AvgIpc) is 2.68. The molecule has 5 heteroatoms. The first-order valence-electron chi connectivity index (χ1n) is 5.09. The van der Waals surface area contributed by atoms with E-state index in [1.807, 2.05) is 0 Å². The first kappa shape index (κ1) is 10.6. The van der Waals surface area contributed by atoms with Gasteiger partial charge in [-0.25, -0.2) is 4.98 Å². The number of hydrogen-bond acceptors (Lipinski definition) is 4. The SMILES string of the molecule is CC1(c2ncc(C(N)=O)s2)CCCNC1. The molecule has 1 aliphatic rings. The normalized spacial score (nSPS) is 26.5. The Balaban J connectivity index is 2.23. The van der Waals surface area contributed by atoms with Crippen LogP contribution in [-0.4, -0.2) is 24.0 Å². The zero-order valence-electron chi connectivity index (χ0n) is 8.75. The van der Waals surface area contributed by atoms with E-state index in [1.54, 1.807) is 6.20 Å². The van der Waals surface area contributed by atoms with E-state index in [9.17, 15) is 4.79 Å². The number of piperidine rings is 1. The first-order valence-corrected chi connectivity index (χ1v) is 5.90. The van der Waals surface area contributed by atoms with Crippen LogP contribution in [0.1, 0.15) is 34.4 Å². The molecular weight excluding hydrogens is 210 g/mol. The van der Waals surface area contributed by atoms with Crippen LogP contribution in [0.25, 0.3) is 0 Å². The first-order chi connectivity index (χ1) is 7.12. The van der Waals surface area contributed by atoms with Crippen molar-refractivity contribution in [2.24, 2.45) is 5.73 Å². The summed E-state index contributed by atoms with van der Waals surface area (Å²) in [5.41, 5.74) is 5.28. The maximum atomic E-state index is 11.0. The Morgan fingerprint density at radius 1 is 1.73 bits per heavy atom. The molecule has 1 atom stereocenters. The van der Waals surface area contributed by atoms with Gasteiger partial charge in [-0.2, -0.15) is 0 Å². The monoisotopic (exact) mass is 225 g/mol. The molecule has 0 aliphatic carbocycles. The maximum absolute atomic E-state index is 11.0. The Morgan fingerprint density at radius 3 is 3.07 bits per heavy atom. The number of amides is 1. The number of nitrogens with zero attached hydrogens (tertiary/aromatic N) is 1. The van der Waals surface area contributed by atoms with Gasteiger partial charge in [0.05, 0.1) is 6.20 Å². The van der Waals surface area contributed by atoms with Gasteiger partial charge in [0.25, 0.3) is 5.91 Å².